The number of aromatic nitrogens is 4. The van der Waals surface area contributed by atoms with Gasteiger partial charge >= 0.3 is 0 Å². The molecule has 25 heavy (non-hydrogen) atoms. The minimum Gasteiger partial charge on any atom is -0.377 e. The van der Waals surface area contributed by atoms with Crippen LogP contribution in [0, 0.1) is 0 Å². The third kappa shape index (κ3) is 4.78. The van der Waals surface area contributed by atoms with Crippen LogP contribution in [0.2, 0.25) is 0 Å². The van der Waals surface area contributed by atoms with Crippen LogP contribution >= 0.6 is 0 Å². The molecule has 1 aromatic heterocycles. The molecule has 1 saturated carbocycles. The van der Waals surface area contributed by atoms with Gasteiger partial charge in [0.15, 0.2) is 5.82 Å². The second kappa shape index (κ2) is 8.94. The lowest BCUT2D eigenvalue weighted by Gasteiger charge is -2.31. The zero-order valence-corrected chi connectivity index (χ0v) is 15.5. The molecule has 1 N–H and O–H groups in total. The van der Waals surface area contributed by atoms with Gasteiger partial charge in [-0.3, -0.25) is 4.90 Å². The van der Waals surface area contributed by atoms with Gasteiger partial charge in [-0.2, -0.15) is 0 Å². The minimum atomic E-state index is 0.650. The molecule has 0 amide bonds. The van der Waals surface area contributed by atoms with Gasteiger partial charge in [-0.15, -0.1) is 5.10 Å². The number of benzene rings is 1. The van der Waals surface area contributed by atoms with Crippen LogP contribution in [0.15, 0.2) is 24.3 Å². The molecule has 1 aliphatic carbocycles. The summed E-state index contributed by atoms with van der Waals surface area (Å²) in [6.07, 6.45) is 7.83. The summed E-state index contributed by atoms with van der Waals surface area (Å²) in [6.45, 7) is 4.62. The number of hydrogen-bond acceptors (Lipinski definition) is 5. The predicted octanol–water partition coefficient (Wildman–Crippen LogP) is 3.46. The minimum absolute atomic E-state index is 0.650. The lowest BCUT2D eigenvalue weighted by molar-refractivity contribution is 0.185. The molecule has 1 aromatic carbocycles. The van der Waals surface area contributed by atoms with Gasteiger partial charge in [-0.25, -0.2) is 4.68 Å². The van der Waals surface area contributed by atoms with Gasteiger partial charge in [0.05, 0.1) is 6.54 Å². The SMILES string of the molecule is CCCn1nnnc1CNc1ccccc1CN(C)C1CCCCC1. The van der Waals surface area contributed by atoms with E-state index in [1.807, 2.05) is 4.68 Å². The van der Waals surface area contributed by atoms with Gasteiger partial charge in [-0.05, 0) is 48.4 Å². The van der Waals surface area contributed by atoms with Crippen molar-refractivity contribution in [2.24, 2.45) is 0 Å². The van der Waals surface area contributed by atoms with Crippen LogP contribution in [0.1, 0.15) is 56.8 Å². The highest BCUT2D eigenvalue weighted by Gasteiger charge is 2.18. The van der Waals surface area contributed by atoms with Crippen molar-refractivity contribution < 1.29 is 0 Å². The Bertz CT molecular complexity index is 647. The summed E-state index contributed by atoms with van der Waals surface area (Å²) in [7, 11) is 2.26. The molecule has 0 bridgehead atoms. The fourth-order valence-corrected chi connectivity index (χ4v) is 3.66. The molecule has 0 unspecified atom stereocenters. The number of tetrazole rings is 1. The first-order chi connectivity index (χ1) is 12.3. The van der Waals surface area contributed by atoms with Crippen molar-refractivity contribution in [2.45, 2.75) is 71.1 Å². The number of nitrogens with one attached hydrogen (secondary N) is 1. The van der Waals surface area contributed by atoms with Crippen molar-refractivity contribution in [3.05, 3.63) is 35.7 Å². The van der Waals surface area contributed by atoms with Crippen LogP contribution in [0.5, 0.6) is 0 Å². The molecule has 1 fully saturated rings. The summed E-state index contributed by atoms with van der Waals surface area (Å²) in [5, 5.41) is 15.5. The third-order valence-electron chi connectivity index (χ3n) is 5.11. The summed E-state index contributed by atoms with van der Waals surface area (Å²) in [5.74, 6) is 0.886. The van der Waals surface area contributed by atoms with Crippen molar-refractivity contribution in [3.8, 4) is 0 Å². The van der Waals surface area contributed by atoms with Crippen LogP contribution in [-0.4, -0.2) is 38.2 Å². The fraction of sp³-hybridized carbons (Fsp3) is 0.632. The van der Waals surface area contributed by atoms with Crippen LogP contribution in [0.25, 0.3) is 0 Å². The quantitative estimate of drug-likeness (QED) is 0.796. The Hall–Kier alpha value is -1.95. The van der Waals surface area contributed by atoms with E-state index in [9.17, 15) is 0 Å². The predicted molar refractivity (Wildman–Crippen MR) is 100 cm³/mol. The molecule has 6 nitrogen and oxygen atoms in total. The topological polar surface area (TPSA) is 58.9 Å². The maximum absolute atomic E-state index is 4.14. The van der Waals surface area contributed by atoms with E-state index in [0.29, 0.717) is 6.54 Å². The molecule has 0 spiro atoms. The summed E-state index contributed by atoms with van der Waals surface area (Å²) in [6, 6.07) is 9.30. The highest BCUT2D eigenvalue weighted by molar-refractivity contribution is 5.51. The molecular formula is C19H30N6. The van der Waals surface area contributed by atoms with E-state index in [1.165, 1.54) is 43.4 Å². The monoisotopic (exact) mass is 342 g/mol. The summed E-state index contributed by atoms with van der Waals surface area (Å²) in [5.41, 5.74) is 2.52. The average molecular weight is 342 g/mol. The normalized spacial score (nSPS) is 15.6. The molecule has 3 rings (SSSR count). The number of anilines is 1. The third-order valence-corrected chi connectivity index (χ3v) is 5.11. The van der Waals surface area contributed by atoms with Crippen molar-refractivity contribution in [2.75, 3.05) is 12.4 Å². The van der Waals surface area contributed by atoms with Gasteiger partial charge in [0.2, 0.25) is 0 Å². The second-order valence-electron chi connectivity index (χ2n) is 7.04. The molecule has 6 heteroatoms. The molecule has 0 atom stereocenters. The van der Waals surface area contributed by atoms with Crippen LogP contribution in [-0.2, 0) is 19.6 Å². The molecule has 0 saturated heterocycles. The van der Waals surface area contributed by atoms with Crippen LogP contribution < -0.4 is 5.32 Å². The van der Waals surface area contributed by atoms with Gasteiger partial charge in [0.1, 0.15) is 0 Å². The number of hydrogen-bond donors (Lipinski definition) is 1. The maximum Gasteiger partial charge on any atom is 0.170 e. The maximum atomic E-state index is 4.14. The Morgan fingerprint density at radius 2 is 2.00 bits per heavy atom. The molecular weight excluding hydrogens is 312 g/mol. The van der Waals surface area contributed by atoms with Crippen molar-refractivity contribution in [1.82, 2.24) is 25.1 Å². The van der Waals surface area contributed by atoms with E-state index < -0.39 is 0 Å². The zero-order chi connectivity index (χ0) is 17.5. The van der Waals surface area contributed by atoms with E-state index in [2.05, 4.69) is 64.0 Å². The van der Waals surface area contributed by atoms with Gasteiger partial charge in [-0.1, -0.05) is 44.4 Å². The summed E-state index contributed by atoms with van der Waals surface area (Å²) in [4.78, 5) is 2.51. The first kappa shape index (κ1) is 17.9. The molecule has 2 aromatic rings. The van der Waals surface area contributed by atoms with Crippen molar-refractivity contribution in [3.63, 3.8) is 0 Å². The van der Waals surface area contributed by atoms with Crippen LogP contribution in [0.4, 0.5) is 5.69 Å². The van der Waals surface area contributed by atoms with E-state index in [1.54, 1.807) is 0 Å². The Labute approximate surface area is 150 Å². The Morgan fingerprint density at radius 3 is 2.80 bits per heavy atom. The lowest BCUT2D eigenvalue weighted by Crippen LogP contribution is -2.33. The first-order valence-corrected chi connectivity index (χ1v) is 9.55. The highest BCUT2D eigenvalue weighted by Crippen LogP contribution is 2.25. The smallest absolute Gasteiger partial charge is 0.170 e. The van der Waals surface area contributed by atoms with Crippen LogP contribution in [0.3, 0.4) is 0 Å². The number of aryl methyl sites for hydroxylation is 1. The number of rotatable bonds is 8. The molecule has 1 heterocycles. The first-order valence-electron chi connectivity index (χ1n) is 9.55. The molecule has 0 radical (unpaired) electrons. The lowest BCUT2D eigenvalue weighted by atomic mass is 9.94. The Morgan fingerprint density at radius 1 is 1.20 bits per heavy atom. The van der Waals surface area contributed by atoms with E-state index in [0.717, 1.165) is 31.4 Å². The van der Waals surface area contributed by atoms with Crippen molar-refractivity contribution in [1.29, 1.82) is 0 Å². The van der Waals surface area contributed by atoms with E-state index >= 15 is 0 Å². The summed E-state index contributed by atoms with van der Waals surface area (Å²) < 4.78 is 1.88. The van der Waals surface area contributed by atoms with Crippen molar-refractivity contribution >= 4 is 5.69 Å². The van der Waals surface area contributed by atoms with Gasteiger partial charge in [0.25, 0.3) is 0 Å². The second-order valence-corrected chi connectivity index (χ2v) is 7.04. The number of para-hydroxylation sites is 1. The molecule has 0 aliphatic heterocycles. The Balaban J connectivity index is 1.63. The number of nitrogens with zero attached hydrogens (tertiary/aromatic N) is 5. The van der Waals surface area contributed by atoms with E-state index in [-0.39, 0.29) is 0 Å². The standard InChI is InChI=1S/C19H30N6/c1-3-13-25-19(21-22-23-25)14-20-18-12-8-7-9-16(18)15-24(2)17-10-5-4-6-11-17/h7-9,12,17,20H,3-6,10-11,13-15H2,1-2H3. The van der Waals surface area contributed by atoms with Gasteiger partial charge in [0, 0.05) is 24.8 Å². The molecule has 1 aliphatic rings. The summed E-state index contributed by atoms with van der Waals surface area (Å²) >= 11 is 0. The zero-order valence-electron chi connectivity index (χ0n) is 15.5. The Kier molecular flexibility index (Phi) is 6.39. The fourth-order valence-electron chi connectivity index (χ4n) is 3.66. The average Bonchev–Trinajstić information content (AvgIpc) is 3.09. The van der Waals surface area contributed by atoms with E-state index in [4.69, 9.17) is 0 Å². The largest absolute Gasteiger partial charge is 0.377 e. The highest BCUT2D eigenvalue weighted by atomic mass is 15.5. The van der Waals surface area contributed by atoms with Gasteiger partial charge < -0.3 is 5.32 Å². The molecule has 136 valence electrons.